The van der Waals surface area contributed by atoms with Gasteiger partial charge in [0.25, 0.3) is 5.91 Å². The summed E-state index contributed by atoms with van der Waals surface area (Å²) in [7, 11) is 0. The molecule has 118 valence electrons. The zero-order chi connectivity index (χ0) is 16.2. The molecular weight excluding hydrogens is 359 g/mol. The van der Waals surface area contributed by atoms with Gasteiger partial charge in [-0.2, -0.15) is 0 Å². The number of nitrogens with zero attached hydrogens (tertiary/aromatic N) is 1. The summed E-state index contributed by atoms with van der Waals surface area (Å²) in [5.74, 6) is -0.560. The Hall–Kier alpha value is -1.96. The van der Waals surface area contributed by atoms with Crippen molar-refractivity contribution in [1.82, 2.24) is 4.98 Å². The van der Waals surface area contributed by atoms with E-state index >= 15 is 0 Å². The normalized spacial score (nSPS) is 10.5. The maximum absolute atomic E-state index is 13.0. The first-order valence-electron chi connectivity index (χ1n) is 6.49. The third-order valence-electron chi connectivity index (χ3n) is 2.79. The zero-order valence-corrected chi connectivity index (χ0v) is 14.0. The molecule has 0 spiro atoms. The molecule has 0 bridgehead atoms. The number of nitrogens with one attached hydrogen (secondary N) is 1. The van der Waals surface area contributed by atoms with Crippen molar-refractivity contribution in [3.8, 4) is 16.3 Å². The number of anilines is 1. The molecule has 1 aromatic carbocycles. The summed E-state index contributed by atoms with van der Waals surface area (Å²) in [4.78, 5) is 17.2. The van der Waals surface area contributed by atoms with E-state index < -0.39 is 5.82 Å². The summed E-state index contributed by atoms with van der Waals surface area (Å²) in [6.45, 7) is -0.212. The van der Waals surface area contributed by atoms with Crippen LogP contribution in [0.5, 0.6) is 5.75 Å². The Labute approximate surface area is 144 Å². The Kier molecular flexibility index (Phi) is 4.90. The number of carbonyl (C=O) groups is 1. The smallest absolute Gasteiger partial charge is 0.264 e. The Morgan fingerprint density at radius 2 is 2.22 bits per heavy atom. The number of hydrogen-bond donors (Lipinski definition) is 1. The molecule has 0 aliphatic carbocycles. The molecule has 0 unspecified atom stereocenters. The fourth-order valence-electron chi connectivity index (χ4n) is 1.74. The van der Waals surface area contributed by atoms with Gasteiger partial charge in [0.1, 0.15) is 11.6 Å². The average molecular weight is 369 g/mol. The molecule has 8 heteroatoms. The Balaban J connectivity index is 1.56. The molecule has 0 atom stereocenters. The van der Waals surface area contributed by atoms with Crippen molar-refractivity contribution in [3.05, 3.63) is 51.9 Å². The molecule has 3 rings (SSSR count). The van der Waals surface area contributed by atoms with Gasteiger partial charge < -0.3 is 4.74 Å². The highest BCUT2D eigenvalue weighted by atomic mass is 35.5. The van der Waals surface area contributed by atoms with Crippen molar-refractivity contribution in [2.24, 2.45) is 0 Å². The Bertz CT molecular complexity index is 821. The van der Waals surface area contributed by atoms with E-state index in [9.17, 15) is 9.18 Å². The number of rotatable bonds is 5. The van der Waals surface area contributed by atoms with Crippen LogP contribution in [0.2, 0.25) is 5.02 Å². The van der Waals surface area contributed by atoms with Crippen LogP contribution in [0.1, 0.15) is 0 Å². The van der Waals surface area contributed by atoms with Crippen molar-refractivity contribution in [2.75, 3.05) is 11.9 Å². The van der Waals surface area contributed by atoms with E-state index in [0.29, 0.717) is 10.9 Å². The van der Waals surface area contributed by atoms with Gasteiger partial charge in [-0.05, 0) is 23.6 Å². The minimum absolute atomic E-state index is 0.0524. The third kappa shape index (κ3) is 4.07. The number of aromatic nitrogens is 1. The number of thiazole rings is 1. The molecule has 2 aromatic heterocycles. The van der Waals surface area contributed by atoms with Crippen LogP contribution < -0.4 is 10.1 Å². The third-order valence-corrected chi connectivity index (χ3v) is 4.72. The molecule has 1 amide bonds. The van der Waals surface area contributed by atoms with Crippen LogP contribution >= 0.6 is 34.3 Å². The van der Waals surface area contributed by atoms with Gasteiger partial charge in [0, 0.05) is 11.4 Å². The van der Waals surface area contributed by atoms with Crippen molar-refractivity contribution < 1.29 is 13.9 Å². The monoisotopic (exact) mass is 368 g/mol. The maximum Gasteiger partial charge on any atom is 0.264 e. The van der Waals surface area contributed by atoms with Gasteiger partial charge >= 0.3 is 0 Å². The summed E-state index contributed by atoms with van der Waals surface area (Å²) in [5.41, 5.74) is 0.825. The first-order chi connectivity index (χ1) is 11.1. The van der Waals surface area contributed by atoms with E-state index in [-0.39, 0.29) is 17.5 Å². The van der Waals surface area contributed by atoms with E-state index in [4.69, 9.17) is 16.3 Å². The zero-order valence-electron chi connectivity index (χ0n) is 11.6. The second kappa shape index (κ2) is 7.08. The summed E-state index contributed by atoms with van der Waals surface area (Å²) < 4.78 is 18.3. The number of thiophene rings is 1. The van der Waals surface area contributed by atoms with Crippen molar-refractivity contribution in [1.29, 1.82) is 0 Å². The molecule has 0 fully saturated rings. The predicted octanol–water partition coefficient (Wildman–Crippen LogP) is 4.68. The SMILES string of the molecule is O=C(COc1ccc(F)c(Cl)c1)Nc1nc(-c2cccs2)cs1. The van der Waals surface area contributed by atoms with Crippen LogP contribution in [0.15, 0.2) is 41.1 Å². The predicted molar refractivity (Wildman–Crippen MR) is 91.0 cm³/mol. The van der Waals surface area contributed by atoms with E-state index in [1.54, 1.807) is 11.3 Å². The van der Waals surface area contributed by atoms with Crippen LogP contribution in [0.4, 0.5) is 9.52 Å². The molecule has 0 aliphatic rings. The minimum Gasteiger partial charge on any atom is -0.484 e. The van der Waals surface area contributed by atoms with E-state index in [1.165, 1.54) is 29.5 Å². The molecule has 0 radical (unpaired) electrons. The Morgan fingerprint density at radius 3 is 2.96 bits per heavy atom. The maximum atomic E-state index is 13.0. The van der Waals surface area contributed by atoms with E-state index in [0.717, 1.165) is 10.6 Å². The average Bonchev–Trinajstić information content (AvgIpc) is 3.19. The summed E-state index contributed by atoms with van der Waals surface area (Å²) in [6.07, 6.45) is 0. The topological polar surface area (TPSA) is 51.2 Å². The fraction of sp³-hybridized carbons (Fsp3) is 0.0667. The van der Waals surface area contributed by atoms with Crippen LogP contribution in [0.25, 0.3) is 10.6 Å². The lowest BCUT2D eigenvalue weighted by Gasteiger charge is -2.06. The second-order valence-electron chi connectivity index (χ2n) is 4.43. The summed E-state index contributed by atoms with van der Waals surface area (Å²) >= 11 is 8.57. The van der Waals surface area contributed by atoms with Gasteiger partial charge in [-0.1, -0.05) is 17.7 Å². The standard InChI is InChI=1S/C15H10ClFN2O2S2/c16-10-6-9(3-4-11(10)17)21-7-14(20)19-15-18-12(8-23-15)13-2-1-5-22-13/h1-6,8H,7H2,(H,18,19,20). The fourth-order valence-corrected chi connectivity index (χ4v) is 3.40. The summed E-state index contributed by atoms with van der Waals surface area (Å²) in [6, 6.07) is 7.82. The molecule has 2 heterocycles. The van der Waals surface area contributed by atoms with Crippen LogP contribution in [0.3, 0.4) is 0 Å². The number of benzene rings is 1. The minimum atomic E-state index is -0.535. The number of carbonyl (C=O) groups excluding carboxylic acids is 1. The molecule has 3 aromatic rings. The summed E-state index contributed by atoms with van der Waals surface area (Å²) in [5, 5.41) is 6.95. The van der Waals surface area contributed by atoms with Gasteiger partial charge in [0.15, 0.2) is 11.7 Å². The molecule has 0 saturated heterocycles. The van der Waals surface area contributed by atoms with Gasteiger partial charge in [0.05, 0.1) is 15.6 Å². The van der Waals surface area contributed by atoms with Gasteiger partial charge in [-0.25, -0.2) is 9.37 Å². The second-order valence-corrected chi connectivity index (χ2v) is 6.64. The van der Waals surface area contributed by atoms with Crippen molar-refractivity contribution in [3.63, 3.8) is 0 Å². The molecule has 0 aliphatic heterocycles. The quantitative estimate of drug-likeness (QED) is 0.711. The van der Waals surface area contributed by atoms with E-state index in [2.05, 4.69) is 10.3 Å². The number of ether oxygens (including phenoxy) is 1. The highest BCUT2D eigenvalue weighted by Gasteiger charge is 2.10. The van der Waals surface area contributed by atoms with Crippen LogP contribution in [0, 0.1) is 5.82 Å². The lowest BCUT2D eigenvalue weighted by atomic mass is 10.3. The number of halogens is 2. The molecule has 1 N–H and O–H groups in total. The number of amides is 1. The molecule has 0 saturated carbocycles. The highest BCUT2D eigenvalue weighted by molar-refractivity contribution is 7.16. The lowest BCUT2D eigenvalue weighted by Crippen LogP contribution is -2.20. The van der Waals surface area contributed by atoms with Crippen LogP contribution in [-0.2, 0) is 4.79 Å². The Morgan fingerprint density at radius 1 is 1.35 bits per heavy atom. The molecule has 4 nitrogen and oxygen atoms in total. The van der Waals surface area contributed by atoms with Gasteiger partial charge in [0.2, 0.25) is 0 Å². The van der Waals surface area contributed by atoms with Gasteiger partial charge in [-0.3, -0.25) is 10.1 Å². The number of hydrogen-bond acceptors (Lipinski definition) is 5. The van der Waals surface area contributed by atoms with E-state index in [1.807, 2.05) is 22.9 Å². The molecule has 23 heavy (non-hydrogen) atoms. The van der Waals surface area contributed by atoms with Crippen molar-refractivity contribution in [2.45, 2.75) is 0 Å². The highest BCUT2D eigenvalue weighted by Crippen LogP contribution is 2.28. The largest absolute Gasteiger partial charge is 0.484 e. The first-order valence-corrected chi connectivity index (χ1v) is 8.62. The van der Waals surface area contributed by atoms with Crippen molar-refractivity contribution >= 4 is 45.3 Å². The molecular formula is C15H10ClFN2O2S2. The lowest BCUT2D eigenvalue weighted by molar-refractivity contribution is -0.118. The van der Waals surface area contributed by atoms with Gasteiger partial charge in [-0.15, -0.1) is 22.7 Å². The van der Waals surface area contributed by atoms with Crippen LogP contribution in [-0.4, -0.2) is 17.5 Å². The first kappa shape index (κ1) is 15.9.